The van der Waals surface area contributed by atoms with Crippen molar-refractivity contribution in [3.8, 4) is 0 Å². The van der Waals surface area contributed by atoms with Gasteiger partial charge in [0.25, 0.3) is 10.1 Å². The van der Waals surface area contributed by atoms with E-state index in [1.807, 2.05) is 0 Å². The van der Waals surface area contributed by atoms with Crippen molar-refractivity contribution in [2.75, 3.05) is 0 Å². The van der Waals surface area contributed by atoms with Crippen LogP contribution in [0.25, 0.3) is 0 Å². The molecule has 0 radical (unpaired) electrons. The van der Waals surface area contributed by atoms with Crippen molar-refractivity contribution in [2.45, 2.75) is 37.0 Å². The lowest BCUT2D eigenvalue weighted by Crippen LogP contribution is -2.45. The second-order valence-electron chi connectivity index (χ2n) is 6.65. The van der Waals surface area contributed by atoms with Crippen molar-refractivity contribution in [1.82, 2.24) is 14.8 Å². The number of nitrogens with zero attached hydrogens (tertiary/aromatic N) is 3. The van der Waals surface area contributed by atoms with Crippen molar-refractivity contribution in [1.29, 1.82) is 0 Å². The quantitative estimate of drug-likeness (QED) is 0.587. The van der Waals surface area contributed by atoms with Crippen LogP contribution in [0.5, 0.6) is 0 Å². The molecule has 29 heavy (non-hydrogen) atoms. The molecule has 0 amide bonds. The molecule has 0 aliphatic rings. The minimum absolute atomic E-state index is 0.113. The summed E-state index contributed by atoms with van der Waals surface area (Å²) in [7, 11) is -4.27. The first-order valence-corrected chi connectivity index (χ1v) is 10.0. The van der Waals surface area contributed by atoms with Gasteiger partial charge in [0.1, 0.15) is 36.0 Å². The number of benzene rings is 2. The smallest absolute Gasteiger partial charge is 0.297 e. The molecule has 10 heteroatoms. The fraction of sp³-hybridized carbons (Fsp3) is 0.263. The van der Waals surface area contributed by atoms with Gasteiger partial charge in [0, 0.05) is 11.6 Å². The Balaban J connectivity index is 2.00. The first kappa shape index (κ1) is 21.0. The lowest BCUT2D eigenvalue weighted by Gasteiger charge is -2.34. The molecule has 0 aliphatic heterocycles. The second-order valence-corrected chi connectivity index (χ2v) is 8.22. The summed E-state index contributed by atoms with van der Waals surface area (Å²) < 4.78 is 59.6. The van der Waals surface area contributed by atoms with E-state index in [0.717, 1.165) is 17.7 Å². The lowest BCUT2D eigenvalue weighted by atomic mass is 9.88. The molecule has 3 aromatic rings. The van der Waals surface area contributed by atoms with Crippen molar-refractivity contribution in [3.63, 3.8) is 0 Å². The zero-order valence-electron chi connectivity index (χ0n) is 15.7. The van der Waals surface area contributed by atoms with Gasteiger partial charge in [0.05, 0.1) is 11.4 Å². The molecule has 1 N–H and O–H groups in total. The summed E-state index contributed by atoms with van der Waals surface area (Å²) in [5.74, 6) is -1.88. The van der Waals surface area contributed by atoms with Crippen molar-refractivity contribution < 1.29 is 26.5 Å². The van der Waals surface area contributed by atoms with E-state index in [2.05, 4.69) is 10.1 Å². The molecule has 0 saturated carbocycles. The predicted molar refractivity (Wildman–Crippen MR) is 99.2 cm³/mol. The van der Waals surface area contributed by atoms with Gasteiger partial charge in [-0.05, 0) is 32.0 Å². The molecule has 0 spiro atoms. The van der Waals surface area contributed by atoms with Crippen LogP contribution < -0.4 is 0 Å². The SMILES string of the molecule is Cc1ccc(S(=O)(=O)O[C@H](C)[C@](O)(Cn2cncn2)c2ccc(F)cc2F)cc1. The van der Waals surface area contributed by atoms with Crippen molar-refractivity contribution in [3.05, 3.63) is 77.9 Å². The molecule has 0 fully saturated rings. The van der Waals surface area contributed by atoms with Gasteiger partial charge in [-0.15, -0.1) is 0 Å². The molecular weight excluding hydrogens is 404 g/mol. The molecule has 3 rings (SSSR count). The normalized spacial score (nSPS) is 15.1. The minimum Gasteiger partial charge on any atom is -0.380 e. The van der Waals surface area contributed by atoms with Crippen molar-refractivity contribution in [2.24, 2.45) is 0 Å². The maximum absolute atomic E-state index is 14.5. The highest BCUT2D eigenvalue weighted by Crippen LogP contribution is 2.33. The average molecular weight is 423 g/mol. The molecule has 1 aromatic heterocycles. The molecular formula is C19H19F2N3O4S. The summed E-state index contributed by atoms with van der Waals surface area (Å²) in [6.07, 6.45) is 1.03. The third-order valence-corrected chi connectivity index (χ3v) is 5.91. The molecule has 2 atom stereocenters. The maximum atomic E-state index is 14.5. The average Bonchev–Trinajstić information content (AvgIpc) is 3.14. The lowest BCUT2D eigenvalue weighted by molar-refractivity contribution is -0.0737. The highest BCUT2D eigenvalue weighted by Gasteiger charge is 2.42. The van der Waals surface area contributed by atoms with Gasteiger partial charge < -0.3 is 5.11 Å². The Kier molecular flexibility index (Phi) is 5.78. The van der Waals surface area contributed by atoms with Crippen LogP contribution in [-0.2, 0) is 26.4 Å². The number of aliphatic hydroxyl groups is 1. The first-order chi connectivity index (χ1) is 13.6. The molecule has 154 valence electrons. The summed E-state index contributed by atoms with van der Waals surface area (Å²) in [6, 6.07) is 8.54. The fourth-order valence-electron chi connectivity index (χ4n) is 2.86. The van der Waals surface area contributed by atoms with E-state index in [4.69, 9.17) is 4.18 Å². The number of halogens is 2. The zero-order valence-corrected chi connectivity index (χ0v) is 16.5. The van der Waals surface area contributed by atoms with Crippen LogP contribution in [-0.4, -0.2) is 34.4 Å². The van der Waals surface area contributed by atoms with Gasteiger partial charge in [-0.3, -0.25) is 4.18 Å². The summed E-state index contributed by atoms with van der Waals surface area (Å²) in [4.78, 5) is 3.64. The largest absolute Gasteiger partial charge is 0.380 e. The third-order valence-electron chi connectivity index (χ3n) is 4.52. The van der Waals surface area contributed by atoms with E-state index in [9.17, 15) is 22.3 Å². The Labute approximate surface area is 166 Å². The van der Waals surface area contributed by atoms with E-state index >= 15 is 0 Å². The summed E-state index contributed by atoms with van der Waals surface area (Å²) in [5.41, 5.74) is -1.67. The predicted octanol–water partition coefficient (Wildman–Crippen LogP) is 2.55. The van der Waals surface area contributed by atoms with Crippen LogP contribution >= 0.6 is 0 Å². The number of aryl methyl sites for hydroxylation is 1. The van der Waals surface area contributed by atoms with E-state index in [0.29, 0.717) is 6.07 Å². The molecule has 0 aliphatic carbocycles. The van der Waals surface area contributed by atoms with Crippen LogP contribution in [0.1, 0.15) is 18.1 Å². The third kappa shape index (κ3) is 4.50. The summed E-state index contributed by atoms with van der Waals surface area (Å²) in [6.45, 7) is 2.71. The highest BCUT2D eigenvalue weighted by molar-refractivity contribution is 7.86. The van der Waals surface area contributed by atoms with E-state index < -0.39 is 33.5 Å². The number of rotatable bonds is 7. The van der Waals surface area contributed by atoms with Gasteiger partial charge in [0.15, 0.2) is 0 Å². The zero-order chi connectivity index (χ0) is 21.2. The molecule has 0 bridgehead atoms. The number of hydrogen-bond donors (Lipinski definition) is 1. The van der Waals surface area contributed by atoms with Gasteiger partial charge in [-0.25, -0.2) is 18.4 Å². The second kappa shape index (κ2) is 7.97. The molecule has 7 nitrogen and oxygen atoms in total. The molecule has 1 heterocycles. The Bertz CT molecular complexity index is 1090. The van der Waals surface area contributed by atoms with Gasteiger partial charge in [-0.1, -0.05) is 23.8 Å². The number of aromatic nitrogens is 3. The fourth-order valence-corrected chi connectivity index (χ4v) is 3.98. The minimum atomic E-state index is -4.27. The van der Waals surface area contributed by atoms with Gasteiger partial charge >= 0.3 is 0 Å². The monoisotopic (exact) mass is 423 g/mol. The summed E-state index contributed by atoms with van der Waals surface area (Å²) >= 11 is 0. The van der Waals surface area contributed by atoms with E-state index in [1.54, 1.807) is 19.1 Å². The summed E-state index contributed by atoms with van der Waals surface area (Å²) in [5, 5.41) is 15.2. The highest BCUT2D eigenvalue weighted by atomic mass is 32.2. The first-order valence-electron chi connectivity index (χ1n) is 8.62. The number of hydrogen-bond acceptors (Lipinski definition) is 6. The van der Waals surface area contributed by atoms with Crippen LogP contribution in [0, 0.1) is 18.6 Å². The Morgan fingerprint density at radius 3 is 2.48 bits per heavy atom. The standard InChI is InChI=1S/C19H19F2N3O4S/c1-13-3-6-16(7-4-13)29(26,27)28-14(2)19(25,10-24-12-22-11-23-24)17-8-5-15(20)9-18(17)21/h3-9,11-12,14,25H,10H2,1-2H3/t14-,19-/m1/s1. The Morgan fingerprint density at radius 1 is 1.21 bits per heavy atom. The molecule has 0 saturated heterocycles. The van der Waals surface area contributed by atoms with Crippen molar-refractivity contribution >= 4 is 10.1 Å². The van der Waals surface area contributed by atoms with Gasteiger partial charge in [0.2, 0.25) is 0 Å². The molecule has 2 aromatic carbocycles. The van der Waals surface area contributed by atoms with Crippen LogP contribution in [0.15, 0.2) is 60.0 Å². The van der Waals surface area contributed by atoms with E-state index in [1.165, 1.54) is 36.4 Å². The molecule has 0 unspecified atom stereocenters. The van der Waals surface area contributed by atoms with E-state index in [-0.39, 0.29) is 17.0 Å². The van der Waals surface area contributed by atoms with Crippen LogP contribution in [0.3, 0.4) is 0 Å². The maximum Gasteiger partial charge on any atom is 0.297 e. The Morgan fingerprint density at radius 2 is 1.90 bits per heavy atom. The van der Waals surface area contributed by atoms with Gasteiger partial charge in [-0.2, -0.15) is 13.5 Å². The topological polar surface area (TPSA) is 94.3 Å². The van der Waals surface area contributed by atoms with Crippen LogP contribution in [0.4, 0.5) is 8.78 Å². The Hall–Kier alpha value is -2.69. The van der Waals surface area contributed by atoms with Crippen LogP contribution in [0.2, 0.25) is 0 Å².